The van der Waals surface area contributed by atoms with E-state index in [1.807, 2.05) is 26.0 Å². The van der Waals surface area contributed by atoms with Crippen LogP contribution in [0.3, 0.4) is 0 Å². The molecule has 0 saturated carbocycles. The van der Waals surface area contributed by atoms with Crippen LogP contribution in [0.4, 0.5) is 0 Å². The highest BCUT2D eigenvalue weighted by atomic mass is 35.5. The molecule has 0 atom stereocenters. The third-order valence-corrected chi connectivity index (χ3v) is 8.59. The van der Waals surface area contributed by atoms with E-state index in [0.717, 1.165) is 5.56 Å². The monoisotopic (exact) mass is 505 g/mol. The molecule has 0 N–H and O–H groups in total. The van der Waals surface area contributed by atoms with Gasteiger partial charge in [0, 0.05) is 23.7 Å². The molecule has 4 rings (SSSR count). The van der Waals surface area contributed by atoms with Gasteiger partial charge in [-0.3, -0.25) is 4.79 Å². The SMILES string of the molecule is COc1ccc(C2=NN(C3CCN(S(=O)(=O)c4ccc(Cl)cc4)CC3)C(=O)C2(C)C)cc1OC. The Labute approximate surface area is 205 Å². The van der Waals surface area contributed by atoms with Gasteiger partial charge in [-0.2, -0.15) is 9.41 Å². The molecule has 2 aromatic carbocycles. The van der Waals surface area contributed by atoms with Crippen molar-refractivity contribution in [1.29, 1.82) is 0 Å². The van der Waals surface area contributed by atoms with Crippen molar-refractivity contribution in [2.45, 2.75) is 37.6 Å². The van der Waals surface area contributed by atoms with Gasteiger partial charge in [-0.25, -0.2) is 13.4 Å². The van der Waals surface area contributed by atoms with Gasteiger partial charge < -0.3 is 9.47 Å². The van der Waals surface area contributed by atoms with Crippen LogP contribution in [0.5, 0.6) is 11.5 Å². The molecule has 1 amide bonds. The van der Waals surface area contributed by atoms with Gasteiger partial charge in [0.1, 0.15) is 0 Å². The molecule has 2 aliphatic heterocycles. The highest BCUT2D eigenvalue weighted by molar-refractivity contribution is 7.89. The third kappa shape index (κ3) is 4.28. The van der Waals surface area contributed by atoms with Crippen molar-refractivity contribution in [3.63, 3.8) is 0 Å². The lowest BCUT2D eigenvalue weighted by atomic mass is 9.83. The number of ether oxygens (including phenoxy) is 2. The number of amides is 1. The summed E-state index contributed by atoms with van der Waals surface area (Å²) in [5, 5.41) is 6.75. The zero-order chi connectivity index (χ0) is 24.7. The summed E-state index contributed by atoms with van der Waals surface area (Å²) in [6, 6.07) is 11.4. The number of methoxy groups -OCH3 is 2. The number of hydrogen-bond acceptors (Lipinski definition) is 6. The van der Waals surface area contributed by atoms with Crippen molar-refractivity contribution in [3.05, 3.63) is 53.1 Å². The summed E-state index contributed by atoms with van der Waals surface area (Å²) < 4.78 is 38.2. The second kappa shape index (κ2) is 9.20. The molecule has 0 aromatic heterocycles. The normalized spacial score (nSPS) is 19.3. The fourth-order valence-electron chi connectivity index (χ4n) is 4.40. The fourth-order valence-corrected chi connectivity index (χ4v) is 5.99. The fraction of sp³-hybridized carbons (Fsp3) is 0.417. The van der Waals surface area contributed by atoms with Crippen LogP contribution in [0.25, 0.3) is 0 Å². The minimum atomic E-state index is -3.62. The predicted molar refractivity (Wildman–Crippen MR) is 130 cm³/mol. The first-order valence-electron chi connectivity index (χ1n) is 11.0. The van der Waals surface area contributed by atoms with Crippen molar-refractivity contribution >= 4 is 33.2 Å². The van der Waals surface area contributed by atoms with E-state index in [9.17, 15) is 13.2 Å². The Balaban J connectivity index is 1.54. The van der Waals surface area contributed by atoms with Crippen LogP contribution in [-0.4, -0.2) is 62.7 Å². The van der Waals surface area contributed by atoms with E-state index in [2.05, 4.69) is 0 Å². The van der Waals surface area contributed by atoms with Crippen LogP contribution in [-0.2, 0) is 14.8 Å². The number of benzene rings is 2. The second-order valence-electron chi connectivity index (χ2n) is 8.88. The Hall–Kier alpha value is -2.62. The smallest absolute Gasteiger partial charge is 0.254 e. The van der Waals surface area contributed by atoms with Crippen LogP contribution in [0.2, 0.25) is 5.02 Å². The van der Waals surface area contributed by atoms with Gasteiger partial charge in [-0.15, -0.1) is 0 Å². The number of piperidine rings is 1. The number of carbonyl (C=O) groups excluding carboxylic acids is 1. The van der Waals surface area contributed by atoms with E-state index in [1.165, 1.54) is 21.4 Å². The summed E-state index contributed by atoms with van der Waals surface area (Å²) in [6.45, 7) is 4.32. The van der Waals surface area contributed by atoms with Gasteiger partial charge in [0.15, 0.2) is 11.5 Å². The minimum absolute atomic E-state index is 0.101. The lowest BCUT2D eigenvalue weighted by molar-refractivity contribution is -0.137. The first kappa shape index (κ1) is 24.5. The van der Waals surface area contributed by atoms with Crippen LogP contribution in [0.15, 0.2) is 52.5 Å². The highest BCUT2D eigenvalue weighted by Gasteiger charge is 2.47. The van der Waals surface area contributed by atoms with E-state index in [4.69, 9.17) is 26.2 Å². The van der Waals surface area contributed by atoms with E-state index in [-0.39, 0.29) is 16.8 Å². The average Bonchev–Trinajstić information content (AvgIpc) is 3.07. The summed E-state index contributed by atoms with van der Waals surface area (Å²) in [4.78, 5) is 13.5. The summed E-state index contributed by atoms with van der Waals surface area (Å²) in [5.41, 5.74) is 0.600. The van der Waals surface area contributed by atoms with Gasteiger partial charge in [0.05, 0.1) is 36.3 Å². The second-order valence-corrected chi connectivity index (χ2v) is 11.3. The number of hydrazone groups is 1. The molecule has 182 valence electrons. The number of rotatable bonds is 6. The van der Waals surface area contributed by atoms with E-state index in [0.29, 0.717) is 48.2 Å². The van der Waals surface area contributed by atoms with Gasteiger partial charge in [-0.05, 0) is 69.2 Å². The molecule has 0 bridgehead atoms. The predicted octanol–water partition coefficient (Wildman–Crippen LogP) is 3.78. The molecular formula is C24H28ClN3O5S. The zero-order valence-corrected chi connectivity index (χ0v) is 21.2. The maximum Gasteiger partial charge on any atom is 0.254 e. The number of halogens is 1. The first-order valence-corrected chi connectivity index (χ1v) is 12.8. The number of hydrogen-bond donors (Lipinski definition) is 0. The van der Waals surface area contributed by atoms with Crippen LogP contribution in [0, 0.1) is 5.41 Å². The maximum absolute atomic E-state index is 13.3. The van der Waals surface area contributed by atoms with Crippen molar-refractivity contribution in [3.8, 4) is 11.5 Å². The van der Waals surface area contributed by atoms with Crippen LogP contribution in [0.1, 0.15) is 32.3 Å². The summed E-state index contributed by atoms with van der Waals surface area (Å²) in [5.74, 6) is 1.06. The molecule has 1 saturated heterocycles. The Morgan fingerprint density at radius 2 is 1.62 bits per heavy atom. The summed E-state index contributed by atoms with van der Waals surface area (Å²) in [6.07, 6.45) is 0.995. The molecular weight excluding hydrogens is 478 g/mol. The summed E-state index contributed by atoms with van der Waals surface area (Å²) >= 11 is 5.89. The Kier molecular flexibility index (Phi) is 6.63. The third-order valence-electron chi connectivity index (χ3n) is 6.42. The van der Waals surface area contributed by atoms with Crippen molar-refractivity contribution in [2.24, 2.45) is 10.5 Å². The zero-order valence-electron chi connectivity index (χ0n) is 19.6. The van der Waals surface area contributed by atoms with Crippen molar-refractivity contribution in [2.75, 3.05) is 27.3 Å². The molecule has 34 heavy (non-hydrogen) atoms. The van der Waals surface area contributed by atoms with Gasteiger partial charge in [0.2, 0.25) is 10.0 Å². The van der Waals surface area contributed by atoms with Gasteiger partial charge >= 0.3 is 0 Å². The number of sulfonamides is 1. The first-order chi connectivity index (χ1) is 16.1. The standard InChI is InChI=1S/C24H28ClN3O5S/c1-24(2)22(16-5-10-20(32-3)21(15-16)33-4)26-28(23(24)29)18-11-13-27(14-12-18)34(30,31)19-8-6-17(25)7-9-19/h5-10,15,18H,11-14H2,1-4H3. The Bertz CT molecular complexity index is 1220. The molecule has 0 spiro atoms. The van der Waals surface area contributed by atoms with Crippen molar-refractivity contribution in [1.82, 2.24) is 9.31 Å². The lowest BCUT2D eigenvalue weighted by Crippen LogP contribution is -2.47. The molecule has 2 heterocycles. The summed E-state index contributed by atoms with van der Waals surface area (Å²) in [7, 11) is -0.490. The molecule has 0 aliphatic carbocycles. The van der Waals surface area contributed by atoms with E-state index >= 15 is 0 Å². The number of nitrogens with zero attached hydrogens (tertiary/aromatic N) is 3. The molecule has 1 fully saturated rings. The average molecular weight is 506 g/mol. The molecule has 0 radical (unpaired) electrons. The largest absolute Gasteiger partial charge is 0.493 e. The topological polar surface area (TPSA) is 88.5 Å². The molecule has 0 unspecified atom stereocenters. The Morgan fingerprint density at radius 3 is 2.21 bits per heavy atom. The van der Waals surface area contributed by atoms with Crippen molar-refractivity contribution < 1.29 is 22.7 Å². The molecule has 2 aliphatic rings. The molecule has 2 aromatic rings. The van der Waals surface area contributed by atoms with E-state index < -0.39 is 15.4 Å². The maximum atomic E-state index is 13.3. The van der Waals surface area contributed by atoms with E-state index in [1.54, 1.807) is 32.4 Å². The number of carbonyl (C=O) groups is 1. The lowest BCUT2D eigenvalue weighted by Gasteiger charge is -2.35. The quantitative estimate of drug-likeness (QED) is 0.596. The molecule has 8 nitrogen and oxygen atoms in total. The highest BCUT2D eigenvalue weighted by Crippen LogP contribution is 2.38. The van der Waals surface area contributed by atoms with Crippen LogP contribution >= 0.6 is 11.6 Å². The van der Waals surface area contributed by atoms with Gasteiger partial charge in [-0.1, -0.05) is 11.6 Å². The van der Waals surface area contributed by atoms with Crippen LogP contribution < -0.4 is 9.47 Å². The Morgan fingerprint density at radius 1 is 1.00 bits per heavy atom. The minimum Gasteiger partial charge on any atom is -0.493 e. The molecule has 10 heteroatoms. The van der Waals surface area contributed by atoms with Gasteiger partial charge in [0.25, 0.3) is 5.91 Å².